The summed E-state index contributed by atoms with van der Waals surface area (Å²) in [5.74, 6) is -0.0238. The van der Waals surface area contributed by atoms with E-state index < -0.39 is 0 Å². The SMILES string of the molecule is O=C(NC1CCN(C2CC2)CC1)c1ccc(Br)c(Cl)c1. The number of hydrogen-bond donors (Lipinski definition) is 1. The third-order valence-corrected chi connectivity index (χ3v) is 5.34. The maximum atomic E-state index is 12.2. The molecule has 1 amide bonds. The maximum absolute atomic E-state index is 12.2. The van der Waals surface area contributed by atoms with Crippen LogP contribution < -0.4 is 5.32 Å². The molecule has 1 heterocycles. The van der Waals surface area contributed by atoms with Gasteiger partial charge in [-0.1, -0.05) is 11.6 Å². The van der Waals surface area contributed by atoms with E-state index in [0.717, 1.165) is 36.4 Å². The Labute approximate surface area is 132 Å². The van der Waals surface area contributed by atoms with Crippen molar-refractivity contribution in [1.82, 2.24) is 10.2 Å². The van der Waals surface area contributed by atoms with E-state index in [1.54, 1.807) is 12.1 Å². The summed E-state index contributed by atoms with van der Waals surface area (Å²) < 4.78 is 0.813. The minimum atomic E-state index is -0.0238. The molecule has 5 heteroatoms. The Kier molecular flexibility index (Phi) is 4.34. The third kappa shape index (κ3) is 3.35. The Morgan fingerprint density at radius 3 is 2.55 bits per heavy atom. The van der Waals surface area contributed by atoms with E-state index in [0.29, 0.717) is 16.6 Å². The minimum absolute atomic E-state index is 0.0238. The second-order valence-corrected chi connectivity index (χ2v) is 6.91. The predicted molar refractivity (Wildman–Crippen MR) is 84.2 cm³/mol. The minimum Gasteiger partial charge on any atom is -0.349 e. The van der Waals surface area contributed by atoms with E-state index in [1.807, 2.05) is 6.07 Å². The van der Waals surface area contributed by atoms with Gasteiger partial charge in [-0.15, -0.1) is 0 Å². The highest BCUT2D eigenvalue weighted by molar-refractivity contribution is 9.10. The highest BCUT2D eigenvalue weighted by atomic mass is 79.9. The molecule has 1 aliphatic carbocycles. The molecule has 1 aromatic carbocycles. The highest BCUT2D eigenvalue weighted by Gasteiger charge is 2.32. The van der Waals surface area contributed by atoms with Crippen molar-refractivity contribution in [2.45, 2.75) is 37.8 Å². The molecule has 0 radical (unpaired) electrons. The number of rotatable bonds is 3. The van der Waals surface area contributed by atoms with Crippen molar-refractivity contribution in [3.63, 3.8) is 0 Å². The maximum Gasteiger partial charge on any atom is 0.251 e. The fourth-order valence-corrected chi connectivity index (χ4v) is 3.18. The van der Waals surface area contributed by atoms with Crippen molar-refractivity contribution in [1.29, 1.82) is 0 Å². The number of amides is 1. The molecule has 0 spiro atoms. The summed E-state index contributed by atoms with van der Waals surface area (Å²) in [6, 6.07) is 6.44. The molecule has 2 fully saturated rings. The summed E-state index contributed by atoms with van der Waals surface area (Å²) in [4.78, 5) is 14.8. The lowest BCUT2D eigenvalue weighted by molar-refractivity contribution is 0.0909. The molecule has 2 aliphatic rings. The van der Waals surface area contributed by atoms with Crippen LogP contribution in [0.2, 0.25) is 5.02 Å². The number of nitrogens with one attached hydrogen (secondary N) is 1. The van der Waals surface area contributed by atoms with Gasteiger partial charge < -0.3 is 10.2 Å². The van der Waals surface area contributed by atoms with Crippen LogP contribution in [0.3, 0.4) is 0 Å². The molecular formula is C15H18BrClN2O. The number of carbonyl (C=O) groups is 1. The van der Waals surface area contributed by atoms with Crippen molar-refractivity contribution in [3.05, 3.63) is 33.3 Å². The van der Waals surface area contributed by atoms with Crippen LogP contribution in [0.15, 0.2) is 22.7 Å². The molecule has 0 atom stereocenters. The second kappa shape index (κ2) is 6.04. The zero-order chi connectivity index (χ0) is 14.1. The molecule has 3 rings (SSSR count). The molecule has 1 aromatic rings. The predicted octanol–water partition coefficient (Wildman–Crippen LogP) is 3.46. The van der Waals surface area contributed by atoms with Crippen LogP contribution in [0.25, 0.3) is 0 Å². The Hall–Kier alpha value is -0.580. The average Bonchev–Trinajstić information content (AvgIpc) is 3.27. The molecule has 1 N–H and O–H groups in total. The van der Waals surface area contributed by atoms with Crippen LogP contribution in [-0.4, -0.2) is 36.0 Å². The van der Waals surface area contributed by atoms with E-state index in [9.17, 15) is 4.79 Å². The van der Waals surface area contributed by atoms with Gasteiger partial charge in [0.05, 0.1) is 5.02 Å². The monoisotopic (exact) mass is 356 g/mol. The molecular weight excluding hydrogens is 340 g/mol. The van der Waals surface area contributed by atoms with Gasteiger partial charge in [-0.05, 0) is 59.8 Å². The first kappa shape index (κ1) is 14.4. The first-order chi connectivity index (χ1) is 9.63. The van der Waals surface area contributed by atoms with Crippen molar-refractivity contribution < 1.29 is 4.79 Å². The molecule has 0 unspecified atom stereocenters. The molecule has 0 bridgehead atoms. The molecule has 1 aliphatic heterocycles. The van der Waals surface area contributed by atoms with Crippen LogP contribution in [0.5, 0.6) is 0 Å². The summed E-state index contributed by atoms with van der Waals surface area (Å²) in [7, 11) is 0. The normalized spacial score (nSPS) is 20.9. The lowest BCUT2D eigenvalue weighted by Crippen LogP contribution is -2.45. The van der Waals surface area contributed by atoms with Crippen LogP contribution >= 0.6 is 27.5 Å². The topological polar surface area (TPSA) is 32.3 Å². The Bertz CT molecular complexity index is 511. The lowest BCUT2D eigenvalue weighted by Gasteiger charge is -2.32. The van der Waals surface area contributed by atoms with Crippen molar-refractivity contribution in [2.24, 2.45) is 0 Å². The van der Waals surface area contributed by atoms with Gasteiger partial charge in [-0.3, -0.25) is 4.79 Å². The largest absolute Gasteiger partial charge is 0.349 e. The number of hydrogen-bond acceptors (Lipinski definition) is 2. The number of carbonyl (C=O) groups excluding carboxylic acids is 1. The summed E-state index contributed by atoms with van der Waals surface area (Å²) in [5.41, 5.74) is 0.628. The zero-order valence-corrected chi connectivity index (χ0v) is 13.6. The van der Waals surface area contributed by atoms with Gasteiger partial charge in [0.15, 0.2) is 0 Å². The first-order valence-corrected chi connectivity index (χ1v) is 8.30. The molecule has 20 heavy (non-hydrogen) atoms. The van der Waals surface area contributed by atoms with E-state index >= 15 is 0 Å². The molecule has 0 aromatic heterocycles. The first-order valence-electron chi connectivity index (χ1n) is 7.13. The lowest BCUT2D eigenvalue weighted by atomic mass is 10.0. The molecule has 108 valence electrons. The van der Waals surface area contributed by atoms with Gasteiger partial charge in [0.25, 0.3) is 5.91 Å². The number of likely N-dealkylation sites (tertiary alicyclic amines) is 1. The average molecular weight is 358 g/mol. The van der Waals surface area contributed by atoms with Crippen molar-refractivity contribution in [3.8, 4) is 0 Å². The summed E-state index contributed by atoms with van der Waals surface area (Å²) in [6.45, 7) is 2.22. The fraction of sp³-hybridized carbons (Fsp3) is 0.533. The van der Waals surface area contributed by atoms with Gasteiger partial charge in [-0.2, -0.15) is 0 Å². The standard InChI is InChI=1S/C15H18BrClN2O/c16-13-4-1-10(9-14(13)17)15(20)18-11-5-7-19(8-6-11)12-2-3-12/h1,4,9,11-12H,2-3,5-8H2,(H,18,20). The summed E-state index contributed by atoms with van der Waals surface area (Å²) in [6.07, 6.45) is 4.81. The molecule has 3 nitrogen and oxygen atoms in total. The quantitative estimate of drug-likeness (QED) is 0.898. The van der Waals surface area contributed by atoms with Crippen LogP contribution in [-0.2, 0) is 0 Å². The Morgan fingerprint density at radius 2 is 1.95 bits per heavy atom. The number of piperidine rings is 1. The van der Waals surface area contributed by atoms with E-state index in [-0.39, 0.29) is 5.91 Å². The van der Waals surface area contributed by atoms with E-state index in [1.165, 1.54) is 12.8 Å². The Morgan fingerprint density at radius 1 is 1.25 bits per heavy atom. The highest BCUT2D eigenvalue weighted by Crippen LogP contribution is 2.29. The van der Waals surface area contributed by atoms with Crippen LogP contribution in [0, 0.1) is 0 Å². The summed E-state index contributed by atoms with van der Waals surface area (Å²) >= 11 is 9.36. The van der Waals surface area contributed by atoms with Crippen LogP contribution in [0.4, 0.5) is 0 Å². The molecule has 1 saturated carbocycles. The smallest absolute Gasteiger partial charge is 0.251 e. The number of nitrogens with zero attached hydrogens (tertiary/aromatic N) is 1. The number of halogens is 2. The van der Waals surface area contributed by atoms with Gasteiger partial charge in [0.2, 0.25) is 0 Å². The fourth-order valence-electron chi connectivity index (χ4n) is 2.75. The van der Waals surface area contributed by atoms with Crippen LogP contribution in [0.1, 0.15) is 36.0 Å². The van der Waals surface area contributed by atoms with Gasteiger partial charge in [-0.25, -0.2) is 0 Å². The summed E-state index contributed by atoms with van der Waals surface area (Å²) in [5, 5.41) is 3.69. The van der Waals surface area contributed by atoms with Gasteiger partial charge >= 0.3 is 0 Å². The van der Waals surface area contributed by atoms with Gasteiger partial charge in [0.1, 0.15) is 0 Å². The van der Waals surface area contributed by atoms with Crippen molar-refractivity contribution >= 4 is 33.4 Å². The zero-order valence-electron chi connectivity index (χ0n) is 11.2. The number of benzene rings is 1. The second-order valence-electron chi connectivity index (χ2n) is 5.64. The Balaban J connectivity index is 1.54. The van der Waals surface area contributed by atoms with E-state index in [2.05, 4.69) is 26.1 Å². The van der Waals surface area contributed by atoms with Crippen molar-refractivity contribution in [2.75, 3.05) is 13.1 Å². The van der Waals surface area contributed by atoms with E-state index in [4.69, 9.17) is 11.6 Å². The third-order valence-electron chi connectivity index (χ3n) is 4.11. The molecule has 1 saturated heterocycles. The van der Waals surface area contributed by atoms with Gasteiger partial charge in [0, 0.05) is 35.2 Å².